The average Bonchev–Trinajstić information content (AvgIpc) is 2.97. The predicted octanol–water partition coefficient (Wildman–Crippen LogP) is 0.0387. The molecule has 2 aromatic rings. The summed E-state index contributed by atoms with van der Waals surface area (Å²) in [6.45, 7) is 0.0760. The Kier molecular flexibility index (Phi) is 4.77. The molecule has 1 heterocycles. The van der Waals surface area contributed by atoms with Gasteiger partial charge < -0.3 is 14.6 Å². The zero-order chi connectivity index (χ0) is 15.2. The lowest BCUT2D eigenvalue weighted by atomic mass is 10.2. The standard InChI is InChI=1S/C12H13FN4O4/c1-20-12(19)10-3-2-9(4-11(10)13)21-6-8(18)5-17-7-14-15-16-17/h2-4,7-8,18H,5-6H2,1H3. The van der Waals surface area contributed by atoms with Crippen molar-refractivity contribution in [3.8, 4) is 5.75 Å². The van der Waals surface area contributed by atoms with E-state index in [1.165, 1.54) is 30.3 Å². The molecule has 112 valence electrons. The Hall–Kier alpha value is -2.55. The second-order valence-corrected chi connectivity index (χ2v) is 4.13. The monoisotopic (exact) mass is 296 g/mol. The van der Waals surface area contributed by atoms with E-state index < -0.39 is 17.9 Å². The van der Waals surface area contributed by atoms with Gasteiger partial charge in [-0.05, 0) is 22.6 Å². The summed E-state index contributed by atoms with van der Waals surface area (Å²) >= 11 is 0. The molecular formula is C12H13FN4O4. The third-order valence-electron chi connectivity index (χ3n) is 2.58. The Morgan fingerprint density at radius 3 is 2.95 bits per heavy atom. The van der Waals surface area contributed by atoms with Crippen molar-refractivity contribution in [1.29, 1.82) is 0 Å². The van der Waals surface area contributed by atoms with Crippen LogP contribution in [0.4, 0.5) is 4.39 Å². The number of esters is 1. The van der Waals surface area contributed by atoms with Gasteiger partial charge in [0.15, 0.2) is 0 Å². The first-order valence-corrected chi connectivity index (χ1v) is 5.99. The number of carbonyl (C=O) groups excluding carboxylic acids is 1. The van der Waals surface area contributed by atoms with Gasteiger partial charge in [-0.3, -0.25) is 0 Å². The van der Waals surface area contributed by atoms with Gasteiger partial charge in [0.05, 0.1) is 19.2 Å². The molecule has 0 amide bonds. The summed E-state index contributed by atoms with van der Waals surface area (Å²) in [6.07, 6.45) is 0.491. The number of hydrogen-bond donors (Lipinski definition) is 1. The van der Waals surface area contributed by atoms with Crippen LogP contribution in [-0.2, 0) is 11.3 Å². The summed E-state index contributed by atoms with van der Waals surface area (Å²) in [5.41, 5.74) is -0.181. The quantitative estimate of drug-likeness (QED) is 0.751. The van der Waals surface area contributed by atoms with Gasteiger partial charge in [0.1, 0.15) is 30.6 Å². The maximum atomic E-state index is 13.6. The molecule has 0 radical (unpaired) electrons. The third-order valence-corrected chi connectivity index (χ3v) is 2.58. The van der Waals surface area contributed by atoms with E-state index in [1.807, 2.05) is 0 Å². The Morgan fingerprint density at radius 1 is 1.52 bits per heavy atom. The van der Waals surface area contributed by atoms with Gasteiger partial charge in [-0.2, -0.15) is 0 Å². The molecule has 21 heavy (non-hydrogen) atoms. The highest BCUT2D eigenvalue weighted by atomic mass is 19.1. The number of aliphatic hydroxyl groups excluding tert-OH is 1. The second-order valence-electron chi connectivity index (χ2n) is 4.13. The molecule has 1 aromatic heterocycles. The summed E-state index contributed by atoms with van der Waals surface area (Å²) < 4.78 is 24.7. The second kappa shape index (κ2) is 6.75. The van der Waals surface area contributed by atoms with Crippen molar-refractivity contribution in [2.45, 2.75) is 12.6 Å². The molecule has 8 nitrogen and oxygen atoms in total. The van der Waals surface area contributed by atoms with Gasteiger partial charge in [-0.25, -0.2) is 13.9 Å². The van der Waals surface area contributed by atoms with Crippen LogP contribution in [-0.4, -0.2) is 51.1 Å². The van der Waals surface area contributed by atoms with Crippen LogP contribution in [0.2, 0.25) is 0 Å². The van der Waals surface area contributed by atoms with E-state index in [4.69, 9.17) is 4.74 Å². The van der Waals surface area contributed by atoms with Gasteiger partial charge >= 0.3 is 5.97 Å². The number of aliphatic hydroxyl groups is 1. The molecule has 1 aromatic carbocycles. The number of carbonyl (C=O) groups is 1. The van der Waals surface area contributed by atoms with Crippen LogP contribution in [0.3, 0.4) is 0 Å². The topological polar surface area (TPSA) is 99.4 Å². The predicted molar refractivity (Wildman–Crippen MR) is 67.1 cm³/mol. The summed E-state index contributed by atoms with van der Waals surface area (Å²) in [6, 6.07) is 3.72. The lowest BCUT2D eigenvalue weighted by molar-refractivity contribution is 0.0595. The fourth-order valence-electron chi connectivity index (χ4n) is 1.59. The minimum Gasteiger partial charge on any atom is -0.491 e. The van der Waals surface area contributed by atoms with Crippen LogP contribution in [0.1, 0.15) is 10.4 Å². The molecular weight excluding hydrogens is 283 g/mol. The maximum Gasteiger partial charge on any atom is 0.340 e. The molecule has 1 N–H and O–H groups in total. The first kappa shape index (κ1) is 14.9. The molecule has 0 spiro atoms. The molecule has 1 atom stereocenters. The third kappa shape index (κ3) is 3.96. The molecule has 0 aliphatic rings. The van der Waals surface area contributed by atoms with Crippen molar-refractivity contribution in [3.05, 3.63) is 35.9 Å². The normalized spacial score (nSPS) is 12.0. The molecule has 0 saturated heterocycles. The minimum atomic E-state index is -0.864. The summed E-state index contributed by atoms with van der Waals surface area (Å²) in [5, 5.41) is 20.2. The Morgan fingerprint density at radius 2 is 2.33 bits per heavy atom. The van der Waals surface area contributed by atoms with E-state index in [1.54, 1.807) is 0 Å². The molecule has 2 rings (SSSR count). The number of halogens is 1. The fraction of sp³-hybridized carbons (Fsp3) is 0.333. The minimum absolute atomic E-state index is 0.0725. The van der Waals surface area contributed by atoms with E-state index in [2.05, 4.69) is 20.3 Å². The highest BCUT2D eigenvalue weighted by molar-refractivity contribution is 5.89. The smallest absolute Gasteiger partial charge is 0.340 e. The number of ether oxygens (including phenoxy) is 2. The summed E-state index contributed by atoms with van der Waals surface area (Å²) in [7, 11) is 1.17. The molecule has 0 aliphatic carbocycles. The summed E-state index contributed by atoms with van der Waals surface area (Å²) in [4.78, 5) is 11.2. The molecule has 0 saturated carbocycles. The molecule has 9 heteroatoms. The lowest BCUT2D eigenvalue weighted by Gasteiger charge is -2.12. The largest absolute Gasteiger partial charge is 0.491 e. The van der Waals surface area contributed by atoms with Crippen LogP contribution in [0.5, 0.6) is 5.75 Å². The number of tetrazole rings is 1. The Labute approximate surface area is 119 Å². The SMILES string of the molecule is COC(=O)c1ccc(OCC(O)Cn2cnnn2)cc1F. The lowest BCUT2D eigenvalue weighted by Crippen LogP contribution is -2.24. The van der Waals surface area contributed by atoms with Crippen molar-refractivity contribution in [1.82, 2.24) is 20.2 Å². The van der Waals surface area contributed by atoms with Gasteiger partial charge in [0, 0.05) is 6.07 Å². The number of methoxy groups -OCH3 is 1. The van der Waals surface area contributed by atoms with E-state index >= 15 is 0 Å². The van der Waals surface area contributed by atoms with Crippen molar-refractivity contribution < 1.29 is 23.8 Å². The first-order chi connectivity index (χ1) is 10.1. The first-order valence-electron chi connectivity index (χ1n) is 5.99. The van der Waals surface area contributed by atoms with Gasteiger partial charge in [-0.15, -0.1) is 5.10 Å². The van der Waals surface area contributed by atoms with E-state index in [-0.39, 0.29) is 24.5 Å². The number of benzene rings is 1. The van der Waals surface area contributed by atoms with E-state index in [0.717, 1.165) is 6.07 Å². The molecule has 0 bridgehead atoms. The van der Waals surface area contributed by atoms with Crippen molar-refractivity contribution in [2.75, 3.05) is 13.7 Å². The zero-order valence-electron chi connectivity index (χ0n) is 11.1. The fourth-order valence-corrected chi connectivity index (χ4v) is 1.59. The molecule has 1 unspecified atom stereocenters. The van der Waals surface area contributed by atoms with E-state index in [0.29, 0.717) is 0 Å². The van der Waals surface area contributed by atoms with Crippen LogP contribution in [0.25, 0.3) is 0 Å². The van der Waals surface area contributed by atoms with E-state index in [9.17, 15) is 14.3 Å². The van der Waals surface area contributed by atoms with Gasteiger partial charge in [0.2, 0.25) is 0 Å². The van der Waals surface area contributed by atoms with Crippen molar-refractivity contribution in [3.63, 3.8) is 0 Å². The highest BCUT2D eigenvalue weighted by Gasteiger charge is 2.13. The zero-order valence-corrected chi connectivity index (χ0v) is 11.1. The van der Waals surface area contributed by atoms with Gasteiger partial charge in [-0.1, -0.05) is 0 Å². The number of aromatic nitrogens is 4. The average molecular weight is 296 g/mol. The van der Waals surface area contributed by atoms with Crippen LogP contribution >= 0.6 is 0 Å². The number of rotatable bonds is 6. The van der Waals surface area contributed by atoms with Crippen molar-refractivity contribution >= 4 is 5.97 Å². The molecule has 0 fully saturated rings. The van der Waals surface area contributed by atoms with Crippen molar-refractivity contribution in [2.24, 2.45) is 0 Å². The highest BCUT2D eigenvalue weighted by Crippen LogP contribution is 2.17. The molecule has 0 aliphatic heterocycles. The van der Waals surface area contributed by atoms with Crippen LogP contribution in [0.15, 0.2) is 24.5 Å². The van der Waals surface area contributed by atoms with Crippen LogP contribution < -0.4 is 4.74 Å². The van der Waals surface area contributed by atoms with Crippen LogP contribution in [0, 0.1) is 5.82 Å². The Balaban J connectivity index is 1.91. The summed E-state index contributed by atoms with van der Waals surface area (Å²) in [5.74, 6) is -1.33. The maximum absolute atomic E-state index is 13.6. The number of hydrogen-bond acceptors (Lipinski definition) is 7. The number of nitrogens with zero attached hydrogens (tertiary/aromatic N) is 4. The Bertz CT molecular complexity index is 605. The van der Waals surface area contributed by atoms with Gasteiger partial charge in [0.25, 0.3) is 0 Å².